The van der Waals surface area contributed by atoms with E-state index in [1.807, 2.05) is 30.3 Å². The van der Waals surface area contributed by atoms with Gasteiger partial charge in [-0.25, -0.2) is 17.5 Å². The van der Waals surface area contributed by atoms with Gasteiger partial charge in [0.15, 0.2) is 16.3 Å². The summed E-state index contributed by atoms with van der Waals surface area (Å²) in [6.07, 6.45) is 4.08. The normalized spacial score (nSPS) is 11.2. The number of benzene rings is 3. The predicted molar refractivity (Wildman–Crippen MR) is 167 cm³/mol. The number of halogens is 1. The Kier molecular flexibility index (Phi) is 11.1. The van der Waals surface area contributed by atoms with E-state index < -0.39 is 16.0 Å². The fraction of sp³-hybridized carbons (Fsp3) is 0.290. The number of hydrogen-bond donors (Lipinski definition) is 0. The van der Waals surface area contributed by atoms with Gasteiger partial charge >= 0.3 is 5.97 Å². The average molecular weight is 674 g/mol. The highest BCUT2D eigenvalue weighted by atomic mass is 79.9. The summed E-state index contributed by atoms with van der Waals surface area (Å²) in [4.78, 5) is 12.3. The number of rotatable bonds is 16. The van der Waals surface area contributed by atoms with Crippen molar-refractivity contribution < 1.29 is 36.7 Å². The molecule has 0 aliphatic heterocycles. The van der Waals surface area contributed by atoms with E-state index in [4.69, 9.17) is 23.5 Å². The van der Waals surface area contributed by atoms with Crippen molar-refractivity contribution in [3.05, 3.63) is 84.4 Å². The van der Waals surface area contributed by atoms with Crippen LogP contribution in [0.3, 0.4) is 0 Å². The molecule has 0 amide bonds. The van der Waals surface area contributed by atoms with E-state index in [0.717, 1.165) is 34.5 Å². The molecule has 0 spiro atoms. The molecule has 0 saturated carbocycles. The molecule has 4 rings (SSSR count). The summed E-state index contributed by atoms with van der Waals surface area (Å²) in [5.74, 6) is -0.233. The highest BCUT2D eigenvalue weighted by Crippen LogP contribution is 2.41. The highest BCUT2D eigenvalue weighted by molar-refractivity contribution is 9.09. The van der Waals surface area contributed by atoms with E-state index in [1.165, 1.54) is 32.4 Å². The molecule has 0 aliphatic carbocycles. The number of methoxy groups -OCH3 is 2. The Bertz CT molecular complexity index is 1660. The zero-order valence-electron chi connectivity index (χ0n) is 24.0. The number of aromatic nitrogens is 1. The zero-order valence-corrected chi connectivity index (χ0v) is 26.4. The molecule has 43 heavy (non-hydrogen) atoms. The number of carbonyl (C=O) groups excluding carboxylic acids is 1. The maximum atomic E-state index is 14.4. The largest absolute Gasteiger partial charge is 0.495 e. The van der Waals surface area contributed by atoms with Gasteiger partial charge in [0.1, 0.15) is 29.2 Å². The fourth-order valence-electron chi connectivity index (χ4n) is 4.38. The first-order valence-electron chi connectivity index (χ1n) is 13.5. The van der Waals surface area contributed by atoms with Gasteiger partial charge in [-0.2, -0.15) is 0 Å². The highest BCUT2D eigenvalue weighted by Gasteiger charge is 2.35. The quantitative estimate of drug-likeness (QED) is 0.0567. The van der Waals surface area contributed by atoms with E-state index in [2.05, 4.69) is 27.7 Å². The summed E-state index contributed by atoms with van der Waals surface area (Å²) >= 11 is 3.42. The minimum absolute atomic E-state index is 0.0523. The Morgan fingerprint density at radius 3 is 2.47 bits per heavy atom. The van der Waals surface area contributed by atoms with Gasteiger partial charge in [0.25, 0.3) is 10.0 Å². The minimum atomic E-state index is -4.38. The van der Waals surface area contributed by atoms with Crippen molar-refractivity contribution in [2.75, 3.05) is 37.0 Å². The maximum absolute atomic E-state index is 14.4. The number of unbranched alkanes of at least 4 members (excludes halogenated alkanes) is 2. The molecule has 10 nitrogen and oxygen atoms in total. The second-order valence-electron chi connectivity index (χ2n) is 9.33. The molecule has 0 saturated heterocycles. The van der Waals surface area contributed by atoms with E-state index in [-0.39, 0.29) is 57.6 Å². The number of sulfonamides is 1. The van der Waals surface area contributed by atoms with E-state index in [1.54, 1.807) is 18.2 Å². The summed E-state index contributed by atoms with van der Waals surface area (Å²) in [5.41, 5.74) is 1.15. The number of esters is 1. The summed E-state index contributed by atoms with van der Waals surface area (Å²) < 4.78 is 58.0. The summed E-state index contributed by atoms with van der Waals surface area (Å²) in [6, 6.07) is 17.1. The first-order chi connectivity index (χ1) is 20.8. The lowest BCUT2D eigenvalue weighted by atomic mass is 10.1. The monoisotopic (exact) mass is 672 g/mol. The second kappa shape index (κ2) is 14.9. The molecular formula is C31H33BrN2O8S. The van der Waals surface area contributed by atoms with Gasteiger partial charge in [-0.3, -0.25) is 0 Å². The molecular weight excluding hydrogens is 640 g/mol. The fourth-order valence-corrected chi connectivity index (χ4v) is 6.44. The number of ether oxygens (including phenoxy) is 4. The number of alkyl halides is 1. The van der Waals surface area contributed by atoms with Gasteiger partial charge in [-0.1, -0.05) is 63.6 Å². The van der Waals surface area contributed by atoms with E-state index in [9.17, 15) is 13.2 Å². The molecule has 1 heterocycles. The molecule has 0 bridgehead atoms. The lowest BCUT2D eigenvalue weighted by molar-refractivity contribution is 0.0600. The molecule has 0 unspecified atom stereocenters. The first-order valence-corrected chi connectivity index (χ1v) is 16.1. The van der Waals surface area contributed by atoms with E-state index in [0.29, 0.717) is 6.61 Å². The molecule has 12 heteroatoms. The van der Waals surface area contributed by atoms with E-state index >= 15 is 0 Å². The van der Waals surface area contributed by atoms with Gasteiger partial charge in [0.05, 0.1) is 32.9 Å². The molecule has 4 aromatic rings. The Hall–Kier alpha value is -4.03. The lowest BCUT2D eigenvalue weighted by Crippen LogP contribution is -2.32. The van der Waals surface area contributed by atoms with Crippen LogP contribution >= 0.6 is 15.9 Å². The van der Waals surface area contributed by atoms with Crippen molar-refractivity contribution in [1.29, 1.82) is 0 Å². The SMILES string of the molecule is C=CCN(c1noc2cc(C(=O)OC)cc(OCc3ccccc3)c12)S(=O)(=O)c1c(OC)cccc1OCCCCCBr. The second-order valence-corrected chi connectivity index (χ2v) is 11.9. The third-order valence-corrected chi connectivity index (χ3v) is 8.84. The van der Waals surface area contributed by atoms with Gasteiger partial charge in [-0.15, -0.1) is 6.58 Å². The smallest absolute Gasteiger partial charge is 0.338 e. The number of nitrogens with zero attached hydrogens (tertiary/aromatic N) is 2. The van der Waals surface area contributed by atoms with Crippen molar-refractivity contribution in [2.45, 2.75) is 30.8 Å². The molecule has 0 radical (unpaired) electrons. The van der Waals surface area contributed by atoms with Crippen molar-refractivity contribution in [3.8, 4) is 17.2 Å². The van der Waals surface area contributed by atoms with Gasteiger partial charge < -0.3 is 23.5 Å². The summed E-state index contributed by atoms with van der Waals surface area (Å²) in [5, 5.41) is 5.27. The zero-order chi connectivity index (χ0) is 30.8. The molecule has 0 aliphatic rings. The first kappa shape index (κ1) is 31.9. The standard InChI is InChI=1S/C31H33BrN2O8S/c1-4-17-34(43(36,37)29-24(38-2)14-11-15-25(29)40-18-10-6-9-16-32)30-28-26(41-21-22-12-7-5-8-13-22)19-23(31(35)39-3)20-27(28)42-33-30/h4-5,7-8,11-15,19-20H,1,6,9-10,16-18,21H2,2-3H3. The third kappa shape index (κ3) is 7.31. The van der Waals surface area contributed by atoms with Crippen LogP contribution in [0.25, 0.3) is 11.0 Å². The third-order valence-electron chi connectivity index (χ3n) is 6.46. The topological polar surface area (TPSA) is 117 Å². The van der Waals surface area contributed by atoms with Crippen LogP contribution in [0.15, 0.2) is 82.7 Å². The van der Waals surface area contributed by atoms with Crippen molar-refractivity contribution >= 4 is 48.7 Å². The number of carbonyl (C=O) groups is 1. The predicted octanol–water partition coefficient (Wildman–Crippen LogP) is 6.53. The van der Waals surface area contributed by atoms with Crippen LogP contribution in [-0.2, 0) is 21.4 Å². The van der Waals surface area contributed by atoms with Crippen LogP contribution in [0.1, 0.15) is 35.2 Å². The summed E-state index contributed by atoms with van der Waals surface area (Å²) in [7, 11) is -1.73. The molecule has 3 aromatic carbocycles. The van der Waals surface area contributed by atoms with Crippen LogP contribution in [0.5, 0.6) is 17.2 Å². The van der Waals surface area contributed by atoms with Crippen molar-refractivity contribution in [1.82, 2.24) is 5.16 Å². The van der Waals surface area contributed by atoms with Gasteiger partial charge in [0, 0.05) is 5.33 Å². The Balaban J connectivity index is 1.83. The van der Waals surface area contributed by atoms with Crippen LogP contribution in [0.4, 0.5) is 5.82 Å². The lowest BCUT2D eigenvalue weighted by Gasteiger charge is -2.24. The summed E-state index contributed by atoms with van der Waals surface area (Å²) in [6.45, 7) is 4.06. The Labute approximate surface area is 259 Å². The molecule has 0 fully saturated rings. The van der Waals surface area contributed by atoms with Crippen molar-refractivity contribution in [2.24, 2.45) is 0 Å². The molecule has 0 atom stereocenters. The molecule has 1 aromatic heterocycles. The average Bonchev–Trinajstić information content (AvgIpc) is 3.45. The Morgan fingerprint density at radius 1 is 1.00 bits per heavy atom. The number of fused-ring (bicyclic) bond motifs is 1. The molecule has 228 valence electrons. The van der Waals surface area contributed by atoms with Crippen LogP contribution in [0.2, 0.25) is 0 Å². The van der Waals surface area contributed by atoms with Crippen LogP contribution < -0.4 is 18.5 Å². The molecule has 0 N–H and O–H groups in total. The number of hydrogen-bond acceptors (Lipinski definition) is 9. The maximum Gasteiger partial charge on any atom is 0.338 e. The number of anilines is 1. The van der Waals surface area contributed by atoms with Crippen molar-refractivity contribution in [3.63, 3.8) is 0 Å². The van der Waals surface area contributed by atoms with Crippen LogP contribution in [0, 0.1) is 0 Å². The van der Waals surface area contributed by atoms with Gasteiger partial charge in [-0.05, 0) is 49.1 Å². The van der Waals surface area contributed by atoms with Gasteiger partial charge in [0.2, 0.25) is 0 Å². The Morgan fingerprint density at radius 2 is 1.77 bits per heavy atom. The van der Waals surface area contributed by atoms with Crippen LogP contribution in [-0.4, -0.2) is 52.2 Å². The minimum Gasteiger partial charge on any atom is -0.495 e.